The third kappa shape index (κ3) is 5.39. The molecule has 2 N–H and O–H groups in total. The van der Waals surface area contributed by atoms with Gasteiger partial charge in [0.1, 0.15) is 6.61 Å². The van der Waals surface area contributed by atoms with Crippen molar-refractivity contribution in [3.05, 3.63) is 0 Å². The molecular formula is C4H9NO3. The molecule has 0 unspecified atom stereocenters. The molecule has 0 aliphatic rings. The lowest BCUT2D eigenvalue weighted by Crippen LogP contribution is -2.10. The third-order valence-electron chi connectivity index (χ3n) is 0.377. The van der Waals surface area contributed by atoms with Crippen molar-refractivity contribution in [3.8, 4) is 0 Å². The van der Waals surface area contributed by atoms with Crippen molar-refractivity contribution < 1.29 is 14.6 Å². The molecule has 0 rings (SSSR count). The average molecular weight is 119 g/mol. The van der Waals surface area contributed by atoms with Gasteiger partial charge in [0.05, 0.1) is 0 Å². The van der Waals surface area contributed by atoms with E-state index in [0.717, 1.165) is 0 Å². The number of carbonyl (C=O) groups excluding carboxylic acids is 1. The number of carbonyl (C=O) groups is 1. The highest BCUT2D eigenvalue weighted by Crippen LogP contribution is 1.75. The minimum atomic E-state index is -0.460. The summed E-state index contributed by atoms with van der Waals surface area (Å²) >= 11 is 0. The van der Waals surface area contributed by atoms with E-state index in [-0.39, 0.29) is 6.61 Å². The SMILES string of the molecule is CC(=O)OOCCN. The number of nitrogens with two attached hydrogens (primary N) is 1. The van der Waals surface area contributed by atoms with Crippen molar-refractivity contribution in [1.29, 1.82) is 0 Å². The summed E-state index contributed by atoms with van der Waals surface area (Å²) in [7, 11) is 0. The molecule has 0 radical (unpaired) electrons. The summed E-state index contributed by atoms with van der Waals surface area (Å²) in [6.45, 7) is 1.86. The first-order valence-corrected chi connectivity index (χ1v) is 2.27. The summed E-state index contributed by atoms with van der Waals surface area (Å²) < 4.78 is 0. The van der Waals surface area contributed by atoms with Gasteiger partial charge in [0.25, 0.3) is 0 Å². The highest BCUT2D eigenvalue weighted by molar-refractivity contribution is 5.65. The molecule has 0 aliphatic heterocycles. The zero-order valence-electron chi connectivity index (χ0n) is 4.72. The van der Waals surface area contributed by atoms with Gasteiger partial charge in [0.15, 0.2) is 0 Å². The Morgan fingerprint density at radius 2 is 2.38 bits per heavy atom. The molecule has 8 heavy (non-hydrogen) atoms. The van der Waals surface area contributed by atoms with E-state index in [1.165, 1.54) is 6.92 Å². The van der Waals surface area contributed by atoms with E-state index in [1.807, 2.05) is 0 Å². The lowest BCUT2D eigenvalue weighted by Gasteiger charge is -1.95. The normalized spacial score (nSPS) is 8.75. The van der Waals surface area contributed by atoms with E-state index in [0.29, 0.717) is 6.54 Å². The van der Waals surface area contributed by atoms with Crippen LogP contribution < -0.4 is 5.73 Å². The van der Waals surface area contributed by atoms with Gasteiger partial charge in [-0.1, -0.05) is 0 Å². The van der Waals surface area contributed by atoms with Gasteiger partial charge < -0.3 is 5.73 Å². The zero-order chi connectivity index (χ0) is 6.41. The lowest BCUT2D eigenvalue weighted by atomic mass is 10.8. The number of rotatable bonds is 3. The Morgan fingerprint density at radius 1 is 1.75 bits per heavy atom. The van der Waals surface area contributed by atoms with Gasteiger partial charge in [0, 0.05) is 13.5 Å². The predicted molar refractivity (Wildman–Crippen MR) is 26.8 cm³/mol. The van der Waals surface area contributed by atoms with E-state index in [4.69, 9.17) is 5.73 Å². The Hall–Kier alpha value is -0.610. The highest BCUT2D eigenvalue weighted by Gasteiger charge is 1.89. The highest BCUT2D eigenvalue weighted by atomic mass is 17.2. The summed E-state index contributed by atoms with van der Waals surface area (Å²) in [6, 6.07) is 0. The van der Waals surface area contributed by atoms with Crippen LogP contribution in [0.2, 0.25) is 0 Å². The fourth-order valence-electron chi connectivity index (χ4n) is 0.173. The molecule has 0 aromatic rings. The topological polar surface area (TPSA) is 61.5 Å². The molecule has 0 amide bonds. The standard InChI is InChI=1S/C4H9NO3/c1-4(6)8-7-3-2-5/h2-3,5H2,1H3. The van der Waals surface area contributed by atoms with Crippen LogP contribution in [0.4, 0.5) is 0 Å². The summed E-state index contributed by atoms with van der Waals surface area (Å²) in [5.41, 5.74) is 5.00. The second-order valence-corrected chi connectivity index (χ2v) is 1.19. The maximum atomic E-state index is 9.93. The molecule has 0 saturated heterocycles. The quantitative estimate of drug-likeness (QED) is 0.307. The predicted octanol–water partition coefficient (Wildman–Crippen LogP) is -0.560. The molecule has 0 heterocycles. The third-order valence-corrected chi connectivity index (χ3v) is 0.377. The van der Waals surface area contributed by atoms with Gasteiger partial charge in [-0.15, -0.1) is 0 Å². The summed E-state index contributed by atoms with van der Waals surface area (Å²) in [4.78, 5) is 18.3. The lowest BCUT2D eigenvalue weighted by molar-refractivity contribution is -0.268. The van der Waals surface area contributed by atoms with E-state index >= 15 is 0 Å². The van der Waals surface area contributed by atoms with Gasteiger partial charge in [-0.3, -0.25) is 4.89 Å². The molecule has 0 bridgehead atoms. The van der Waals surface area contributed by atoms with Crippen LogP contribution in [0.15, 0.2) is 0 Å². The molecule has 0 atom stereocenters. The molecular weight excluding hydrogens is 110 g/mol. The second-order valence-electron chi connectivity index (χ2n) is 1.19. The van der Waals surface area contributed by atoms with Gasteiger partial charge in [-0.25, -0.2) is 4.79 Å². The van der Waals surface area contributed by atoms with Crippen molar-refractivity contribution in [3.63, 3.8) is 0 Å². The molecule has 0 aromatic carbocycles. The van der Waals surface area contributed by atoms with Gasteiger partial charge in [-0.2, -0.15) is 4.89 Å². The van der Waals surface area contributed by atoms with Gasteiger partial charge >= 0.3 is 5.97 Å². The molecule has 4 nitrogen and oxygen atoms in total. The smallest absolute Gasteiger partial charge is 0.328 e. The maximum Gasteiger partial charge on any atom is 0.339 e. The van der Waals surface area contributed by atoms with Crippen molar-refractivity contribution in [2.24, 2.45) is 5.73 Å². The minimum Gasteiger partial charge on any atom is -0.328 e. The molecule has 48 valence electrons. The van der Waals surface area contributed by atoms with Crippen LogP contribution >= 0.6 is 0 Å². The Labute approximate surface area is 47.5 Å². The van der Waals surface area contributed by atoms with Crippen LogP contribution in [0.5, 0.6) is 0 Å². The van der Waals surface area contributed by atoms with Crippen molar-refractivity contribution in [2.75, 3.05) is 13.2 Å². The first-order chi connectivity index (χ1) is 3.77. The van der Waals surface area contributed by atoms with E-state index in [9.17, 15) is 4.79 Å². The van der Waals surface area contributed by atoms with Crippen molar-refractivity contribution in [2.45, 2.75) is 6.92 Å². The zero-order valence-corrected chi connectivity index (χ0v) is 4.72. The van der Waals surface area contributed by atoms with Crippen LogP contribution in [0.1, 0.15) is 6.92 Å². The fraction of sp³-hybridized carbons (Fsp3) is 0.750. The maximum absolute atomic E-state index is 9.93. The summed E-state index contributed by atoms with van der Waals surface area (Å²) in [5, 5.41) is 0. The van der Waals surface area contributed by atoms with Crippen LogP contribution in [0.3, 0.4) is 0 Å². The summed E-state index contributed by atoms with van der Waals surface area (Å²) in [6.07, 6.45) is 0. The van der Waals surface area contributed by atoms with Crippen LogP contribution in [-0.2, 0) is 14.6 Å². The van der Waals surface area contributed by atoms with E-state index in [1.54, 1.807) is 0 Å². The Bertz CT molecular complexity index is 73.7. The second kappa shape index (κ2) is 4.55. The minimum absolute atomic E-state index is 0.250. The van der Waals surface area contributed by atoms with Crippen LogP contribution in [0, 0.1) is 0 Å². The Kier molecular flexibility index (Phi) is 4.20. The van der Waals surface area contributed by atoms with Gasteiger partial charge in [0.2, 0.25) is 0 Å². The number of hydrogen-bond donors (Lipinski definition) is 1. The Balaban J connectivity index is 2.82. The Morgan fingerprint density at radius 3 is 2.75 bits per heavy atom. The van der Waals surface area contributed by atoms with Crippen molar-refractivity contribution in [1.82, 2.24) is 0 Å². The molecule has 4 heteroatoms. The molecule has 0 spiro atoms. The van der Waals surface area contributed by atoms with Crippen molar-refractivity contribution >= 4 is 5.97 Å². The van der Waals surface area contributed by atoms with Crippen LogP contribution in [0.25, 0.3) is 0 Å². The monoisotopic (exact) mass is 119 g/mol. The molecule has 0 fully saturated rings. The molecule has 0 aliphatic carbocycles. The van der Waals surface area contributed by atoms with Gasteiger partial charge in [-0.05, 0) is 0 Å². The molecule has 0 saturated carbocycles. The first kappa shape index (κ1) is 7.39. The molecule has 0 aromatic heterocycles. The number of hydrogen-bond acceptors (Lipinski definition) is 4. The average Bonchev–Trinajstić information content (AvgIpc) is 1.66. The summed E-state index contributed by atoms with van der Waals surface area (Å²) in [5.74, 6) is -0.460. The van der Waals surface area contributed by atoms with E-state index < -0.39 is 5.97 Å². The largest absolute Gasteiger partial charge is 0.339 e. The van der Waals surface area contributed by atoms with Crippen LogP contribution in [-0.4, -0.2) is 19.1 Å². The fourth-order valence-corrected chi connectivity index (χ4v) is 0.173. The first-order valence-electron chi connectivity index (χ1n) is 2.27. The van der Waals surface area contributed by atoms with E-state index in [2.05, 4.69) is 9.78 Å².